The minimum absolute atomic E-state index is 0. The van der Waals surface area contributed by atoms with Gasteiger partial charge in [-0.2, -0.15) is 0 Å². The fraction of sp³-hybridized carbons (Fsp3) is 0.435. The molecule has 4 nitrogen and oxygen atoms in total. The van der Waals surface area contributed by atoms with Crippen molar-refractivity contribution in [2.75, 3.05) is 26.2 Å². The molecule has 1 fully saturated rings. The molecule has 0 aromatic heterocycles. The molecule has 0 atom stereocenters. The maximum Gasteiger partial charge on any atom is 0.191 e. The lowest BCUT2D eigenvalue weighted by molar-refractivity contribution is 0.198. The zero-order valence-corrected chi connectivity index (χ0v) is 19.4. The van der Waals surface area contributed by atoms with Crippen LogP contribution in [0.1, 0.15) is 30.9 Å². The molecule has 0 unspecified atom stereocenters. The summed E-state index contributed by atoms with van der Waals surface area (Å²) in [5.74, 6) is 0.675. The Balaban J connectivity index is 0.00000300. The van der Waals surface area contributed by atoms with Crippen LogP contribution in [0, 0.1) is 5.82 Å². The molecule has 2 N–H and O–H groups in total. The van der Waals surface area contributed by atoms with Gasteiger partial charge in [-0.3, -0.25) is 9.89 Å². The second-order valence-electron chi connectivity index (χ2n) is 7.32. The van der Waals surface area contributed by atoms with Gasteiger partial charge < -0.3 is 10.6 Å². The molecule has 1 aliphatic heterocycles. The lowest BCUT2D eigenvalue weighted by Gasteiger charge is -2.33. The van der Waals surface area contributed by atoms with E-state index in [1.54, 1.807) is 12.1 Å². The molecule has 0 spiro atoms. The summed E-state index contributed by atoms with van der Waals surface area (Å²) in [5, 5.41) is 6.91. The molecule has 1 heterocycles. The van der Waals surface area contributed by atoms with Crippen molar-refractivity contribution in [2.24, 2.45) is 4.99 Å². The van der Waals surface area contributed by atoms with Crippen molar-refractivity contribution < 1.29 is 4.39 Å². The van der Waals surface area contributed by atoms with E-state index >= 15 is 0 Å². The molecule has 0 radical (unpaired) electrons. The first-order valence-electron chi connectivity index (χ1n) is 10.3. The van der Waals surface area contributed by atoms with E-state index in [0.29, 0.717) is 12.6 Å². The maximum atomic E-state index is 13.3. The van der Waals surface area contributed by atoms with Crippen molar-refractivity contribution in [1.82, 2.24) is 15.5 Å². The minimum Gasteiger partial charge on any atom is -0.357 e. The molecule has 2 aromatic rings. The first kappa shape index (κ1) is 23.6. The molecule has 2 aromatic carbocycles. The second-order valence-corrected chi connectivity index (χ2v) is 7.32. The van der Waals surface area contributed by atoms with E-state index in [1.165, 1.54) is 11.6 Å². The van der Waals surface area contributed by atoms with Crippen LogP contribution >= 0.6 is 24.0 Å². The molecule has 0 amide bonds. The summed E-state index contributed by atoms with van der Waals surface area (Å²) in [4.78, 5) is 7.19. The summed E-state index contributed by atoms with van der Waals surface area (Å²) in [6.07, 6.45) is 2.96. The Bertz CT molecular complexity index is 746. The van der Waals surface area contributed by atoms with Crippen molar-refractivity contribution >= 4 is 29.9 Å². The van der Waals surface area contributed by atoms with Crippen molar-refractivity contribution in [3.8, 4) is 0 Å². The van der Waals surface area contributed by atoms with Crippen LogP contribution < -0.4 is 10.6 Å². The molecule has 1 saturated heterocycles. The number of halogens is 2. The van der Waals surface area contributed by atoms with Crippen LogP contribution in [-0.4, -0.2) is 43.1 Å². The number of nitrogens with zero attached hydrogens (tertiary/aromatic N) is 2. The van der Waals surface area contributed by atoms with Gasteiger partial charge in [0.15, 0.2) is 5.96 Å². The van der Waals surface area contributed by atoms with Gasteiger partial charge in [0.25, 0.3) is 0 Å². The number of hydrogen-bond donors (Lipinski definition) is 2. The van der Waals surface area contributed by atoms with Crippen LogP contribution in [-0.2, 0) is 13.0 Å². The lowest BCUT2D eigenvalue weighted by atomic mass is 10.0. The van der Waals surface area contributed by atoms with Gasteiger partial charge in [-0.25, -0.2) is 4.39 Å². The Kier molecular flexibility index (Phi) is 10.4. The van der Waals surface area contributed by atoms with Crippen LogP contribution in [0.15, 0.2) is 59.6 Å². The monoisotopic (exact) mass is 510 g/mol. The van der Waals surface area contributed by atoms with Gasteiger partial charge in [0.2, 0.25) is 0 Å². The van der Waals surface area contributed by atoms with Crippen LogP contribution in [0.5, 0.6) is 0 Å². The first-order valence-corrected chi connectivity index (χ1v) is 10.3. The highest BCUT2D eigenvalue weighted by Gasteiger charge is 2.19. The first-order chi connectivity index (χ1) is 13.7. The smallest absolute Gasteiger partial charge is 0.191 e. The standard InChI is InChI=1S/C23H31FN4.HI/c1-2-25-23(26-14-11-19-9-6-10-21(24)17-19)27-22-12-15-28(16-13-22)18-20-7-4-3-5-8-20;/h3-10,17,22H,2,11-16,18H2,1H3,(H2,25,26,27);1H. The molecule has 0 bridgehead atoms. The molecular formula is C23H32FIN4. The van der Waals surface area contributed by atoms with Gasteiger partial charge in [0.1, 0.15) is 5.82 Å². The molecule has 1 aliphatic rings. The number of nitrogens with one attached hydrogen (secondary N) is 2. The highest BCUT2D eigenvalue weighted by Crippen LogP contribution is 2.14. The highest BCUT2D eigenvalue weighted by atomic mass is 127. The third-order valence-electron chi connectivity index (χ3n) is 5.08. The highest BCUT2D eigenvalue weighted by molar-refractivity contribution is 14.0. The maximum absolute atomic E-state index is 13.3. The summed E-state index contributed by atoms with van der Waals surface area (Å²) in [5.41, 5.74) is 2.36. The normalized spacial score (nSPS) is 15.6. The third kappa shape index (κ3) is 8.30. The van der Waals surface area contributed by atoms with E-state index in [9.17, 15) is 4.39 Å². The number of rotatable bonds is 7. The lowest BCUT2D eigenvalue weighted by Crippen LogP contribution is -2.48. The van der Waals surface area contributed by atoms with Crippen molar-refractivity contribution in [3.05, 3.63) is 71.5 Å². The molecule has 6 heteroatoms. The second kappa shape index (κ2) is 12.8. The molecule has 158 valence electrons. The average Bonchev–Trinajstić information content (AvgIpc) is 2.70. The van der Waals surface area contributed by atoms with E-state index in [-0.39, 0.29) is 29.8 Å². The van der Waals surface area contributed by atoms with Gasteiger partial charge in [0, 0.05) is 38.8 Å². The minimum atomic E-state index is -0.186. The SMILES string of the molecule is CCNC(=NCCc1cccc(F)c1)NC1CCN(Cc2ccccc2)CC1.I. The quantitative estimate of drug-likeness (QED) is 0.333. The van der Waals surface area contributed by atoms with E-state index in [4.69, 9.17) is 0 Å². The van der Waals surface area contributed by atoms with Gasteiger partial charge in [-0.05, 0) is 49.4 Å². The molecular weight excluding hydrogens is 478 g/mol. The zero-order valence-electron chi connectivity index (χ0n) is 17.1. The fourth-order valence-corrected chi connectivity index (χ4v) is 3.58. The van der Waals surface area contributed by atoms with Gasteiger partial charge >= 0.3 is 0 Å². The van der Waals surface area contributed by atoms with Gasteiger partial charge in [-0.15, -0.1) is 24.0 Å². The van der Waals surface area contributed by atoms with Crippen LogP contribution in [0.25, 0.3) is 0 Å². The predicted octanol–water partition coefficient (Wildman–Crippen LogP) is 4.21. The van der Waals surface area contributed by atoms with Crippen molar-refractivity contribution in [1.29, 1.82) is 0 Å². The summed E-state index contributed by atoms with van der Waals surface area (Å²) in [6, 6.07) is 17.9. The van der Waals surface area contributed by atoms with E-state index in [1.807, 2.05) is 6.07 Å². The summed E-state index contributed by atoms with van der Waals surface area (Å²) >= 11 is 0. The zero-order chi connectivity index (χ0) is 19.6. The third-order valence-corrected chi connectivity index (χ3v) is 5.08. The number of aliphatic imine (C=N–C) groups is 1. The van der Waals surface area contributed by atoms with E-state index < -0.39 is 0 Å². The Hall–Kier alpha value is -1.67. The summed E-state index contributed by atoms with van der Waals surface area (Å²) < 4.78 is 13.3. The fourth-order valence-electron chi connectivity index (χ4n) is 3.58. The Morgan fingerprint density at radius 2 is 1.79 bits per heavy atom. The molecule has 29 heavy (non-hydrogen) atoms. The average molecular weight is 510 g/mol. The van der Waals surface area contributed by atoms with Crippen molar-refractivity contribution in [3.63, 3.8) is 0 Å². The van der Waals surface area contributed by atoms with Crippen LogP contribution in [0.4, 0.5) is 4.39 Å². The molecule has 0 saturated carbocycles. The Labute approximate surface area is 191 Å². The van der Waals surface area contributed by atoms with Gasteiger partial charge in [-0.1, -0.05) is 42.5 Å². The molecule has 3 rings (SSSR count). The van der Waals surface area contributed by atoms with E-state index in [0.717, 1.165) is 57.0 Å². The number of likely N-dealkylation sites (tertiary alicyclic amines) is 1. The Morgan fingerprint density at radius 1 is 1.07 bits per heavy atom. The predicted molar refractivity (Wildman–Crippen MR) is 129 cm³/mol. The summed E-state index contributed by atoms with van der Waals surface area (Å²) in [7, 11) is 0. The van der Waals surface area contributed by atoms with Crippen LogP contribution in [0.2, 0.25) is 0 Å². The number of guanidine groups is 1. The van der Waals surface area contributed by atoms with E-state index in [2.05, 4.69) is 57.8 Å². The summed E-state index contributed by atoms with van der Waals surface area (Å²) in [6.45, 7) is 6.76. The van der Waals surface area contributed by atoms with Crippen molar-refractivity contribution in [2.45, 2.75) is 38.8 Å². The largest absolute Gasteiger partial charge is 0.357 e. The van der Waals surface area contributed by atoms with Gasteiger partial charge in [0.05, 0.1) is 0 Å². The van der Waals surface area contributed by atoms with Crippen LogP contribution in [0.3, 0.4) is 0 Å². The Morgan fingerprint density at radius 3 is 2.48 bits per heavy atom. The number of hydrogen-bond acceptors (Lipinski definition) is 2. The number of piperidine rings is 1. The topological polar surface area (TPSA) is 39.7 Å². The molecule has 0 aliphatic carbocycles. The number of benzene rings is 2.